The second-order valence-corrected chi connectivity index (χ2v) is 3.96. The Balaban J connectivity index is 3.03. The zero-order valence-electron chi connectivity index (χ0n) is 10.5. The maximum Gasteiger partial charge on any atom is 0.409 e. The van der Waals surface area contributed by atoms with Crippen LogP contribution in [0.25, 0.3) is 0 Å². The molecule has 3 N–H and O–H groups in total. The highest BCUT2D eigenvalue weighted by molar-refractivity contribution is 5.94. The number of hydrogen-bond acceptors (Lipinski definition) is 3. The van der Waals surface area contributed by atoms with Crippen molar-refractivity contribution in [3.05, 3.63) is 18.2 Å². The molecule has 0 saturated heterocycles. The van der Waals surface area contributed by atoms with E-state index in [0.717, 1.165) is 12.1 Å². The van der Waals surface area contributed by atoms with E-state index >= 15 is 0 Å². The molecule has 0 spiro atoms. The summed E-state index contributed by atoms with van der Waals surface area (Å²) in [6, 6.07) is 3.24. The van der Waals surface area contributed by atoms with Gasteiger partial charge in [-0.2, -0.15) is 26.3 Å². The summed E-state index contributed by atoms with van der Waals surface area (Å²) in [5.41, 5.74) is 5.24. The maximum atomic E-state index is 12.4. The van der Waals surface area contributed by atoms with Crippen LogP contribution in [0, 0.1) is 5.92 Å². The first kappa shape index (κ1) is 16.9. The number of methoxy groups -OCH3 is 1. The highest BCUT2D eigenvalue weighted by atomic mass is 19.4. The lowest BCUT2D eigenvalue weighted by Crippen LogP contribution is -2.45. The molecule has 0 bridgehead atoms. The Morgan fingerprint density at radius 1 is 1.19 bits per heavy atom. The van der Waals surface area contributed by atoms with Crippen LogP contribution in [0.5, 0.6) is 5.75 Å². The molecule has 4 nitrogen and oxygen atoms in total. The lowest BCUT2D eigenvalue weighted by Gasteiger charge is -2.22. The van der Waals surface area contributed by atoms with Gasteiger partial charge in [-0.1, -0.05) is 0 Å². The van der Waals surface area contributed by atoms with Crippen molar-refractivity contribution in [2.24, 2.45) is 5.92 Å². The molecular formula is C11H10F6N2O2. The fraction of sp³-hybridized carbons (Fsp3) is 0.364. The largest absolute Gasteiger partial charge is 0.495 e. The first-order valence-corrected chi connectivity index (χ1v) is 5.34. The van der Waals surface area contributed by atoms with E-state index in [1.807, 2.05) is 0 Å². The van der Waals surface area contributed by atoms with Gasteiger partial charge in [0.2, 0.25) is 11.8 Å². The summed E-state index contributed by atoms with van der Waals surface area (Å²) in [5, 5.41) is 1.54. The first-order chi connectivity index (χ1) is 9.46. The second-order valence-electron chi connectivity index (χ2n) is 3.96. The highest BCUT2D eigenvalue weighted by Gasteiger charge is 2.61. The molecule has 1 rings (SSSR count). The number of anilines is 2. The number of benzene rings is 1. The van der Waals surface area contributed by atoms with Crippen LogP contribution in [0.4, 0.5) is 37.7 Å². The lowest BCUT2D eigenvalue weighted by molar-refractivity contribution is -0.272. The van der Waals surface area contributed by atoms with Crippen LogP contribution in [-0.2, 0) is 4.79 Å². The van der Waals surface area contributed by atoms with Crippen LogP contribution in [-0.4, -0.2) is 25.4 Å². The summed E-state index contributed by atoms with van der Waals surface area (Å²) in [5.74, 6) is -6.35. The van der Waals surface area contributed by atoms with Gasteiger partial charge in [0.25, 0.3) is 0 Å². The Morgan fingerprint density at radius 2 is 1.71 bits per heavy atom. The summed E-state index contributed by atoms with van der Waals surface area (Å²) < 4.78 is 78.9. The van der Waals surface area contributed by atoms with Gasteiger partial charge in [-0.25, -0.2) is 0 Å². The molecule has 0 radical (unpaired) electrons. The Labute approximate surface area is 114 Å². The van der Waals surface area contributed by atoms with Gasteiger partial charge in [0, 0.05) is 11.8 Å². The van der Waals surface area contributed by atoms with Gasteiger partial charge in [-0.15, -0.1) is 0 Å². The van der Waals surface area contributed by atoms with E-state index in [2.05, 4.69) is 0 Å². The Kier molecular flexibility index (Phi) is 4.59. The minimum absolute atomic E-state index is 0.00312. The highest BCUT2D eigenvalue weighted by Crippen LogP contribution is 2.40. The van der Waals surface area contributed by atoms with Crippen molar-refractivity contribution in [3.8, 4) is 5.75 Å². The molecule has 0 aliphatic carbocycles. The molecule has 0 saturated carbocycles. The minimum Gasteiger partial charge on any atom is -0.495 e. The molecule has 0 atom stereocenters. The van der Waals surface area contributed by atoms with Crippen molar-refractivity contribution in [1.82, 2.24) is 0 Å². The third kappa shape index (κ3) is 4.17. The van der Waals surface area contributed by atoms with E-state index < -0.39 is 24.2 Å². The molecule has 21 heavy (non-hydrogen) atoms. The molecule has 10 heteroatoms. The molecule has 1 aromatic carbocycles. The van der Waals surface area contributed by atoms with Crippen molar-refractivity contribution >= 4 is 17.3 Å². The number of carbonyl (C=O) groups is 1. The summed E-state index contributed by atoms with van der Waals surface area (Å²) in [7, 11) is 1.20. The summed E-state index contributed by atoms with van der Waals surface area (Å²) >= 11 is 0. The van der Waals surface area contributed by atoms with Gasteiger partial charge >= 0.3 is 12.4 Å². The quantitative estimate of drug-likeness (QED) is 0.665. The molecule has 0 aromatic heterocycles. The first-order valence-electron chi connectivity index (χ1n) is 5.34. The van der Waals surface area contributed by atoms with E-state index in [-0.39, 0.29) is 17.1 Å². The summed E-state index contributed by atoms with van der Waals surface area (Å²) in [4.78, 5) is 11.3. The van der Waals surface area contributed by atoms with Crippen LogP contribution in [0.15, 0.2) is 18.2 Å². The van der Waals surface area contributed by atoms with Gasteiger partial charge in [0.1, 0.15) is 5.75 Å². The van der Waals surface area contributed by atoms with Crippen LogP contribution < -0.4 is 15.8 Å². The number of rotatable bonds is 3. The molecule has 1 aromatic rings. The standard InChI is InChI=1S/C11H10F6N2O2/c1-21-7-4-5(2-3-6(7)18)19-9(20)8(10(12,13)14)11(15,16)17/h2-4,8H,18H2,1H3,(H,19,20). The number of nitrogen functional groups attached to an aromatic ring is 1. The molecule has 118 valence electrons. The Morgan fingerprint density at radius 3 is 2.14 bits per heavy atom. The van der Waals surface area contributed by atoms with Gasteiger partial charge in [-0.3, -0.25) is 4.79 Å². The molecule has 0 fully saturated rings. The van der Waals surface area contributed by atoms with Gasteiger partial charge in [0.05, 0.1) is 12.8 Å². The number of carbonyl (C=O) groups excluding carboxylic acids is 1. The second kappa shape index (κ2) is 5.70. The van der Waals surface area contributed by atoms with Crippen LogP contribution in [0.2, 0.25) is 0 Å². The summed E-state index contributed by atoms with van der Waals surface area (Å²) in [6.45, 7) is 0. The average Bonchev–Trinajstić information content (AvgIpc) is 2.27. The van der Waals surface area contributed by atoms with E-state index in [1.165, 1.54) is 13.2 Å². The van der Waals surface area contributed by atoms with E-state index in [1.54, 1.807) is 5.32 Å². The third-order valence-corrected chi connectivity index (χ3v) is 2.42. The monoisotopic (exact) mass is 316 g/mol. The molecule has 0 aliphatic rings. The third-order valence-electron chi connectivity index (χ3n) is 2.42. The Bertz CT molecular complexity index is 512. The number of amides is 1. The molecule has 0 unspecified atom stereocenters. The average molecular weight is 316 g/mol. The van der Waals surface area contributed by atoms with E-state index in [4.69, 9.17) is 10.5 Å². The van der Waals surface area contributed by atoms with E-state index in [9.17, 15) is 31.1 Å². The predicted molar refractivity (Wildman–Crippen MR) is 61.6 cm³/mol. The predicted octanol–water partition coefficient (Wildman–Crippen LogP) is 2.96. The van der Waals surface area contributed by atoms with Crippen LogP contribution in [0.3, 0.4) is 0 Å². The van der Waals surface area contributed by atoms with Crippen molar-refractivity contribution in [2.75, 3.05) is 18.2 Å². The number of halogens is 6. The SMILES string of the molecule is COc1cc(NC(=O)C(C(F)(F)F)C(F)(F)F)ccc1N. The number of alkyl halides is 6. The van der Waals surface area contributed by atoms with Crippen molar-refractivity contribution in [2.45, 2.75) is 12.4 Å². The fourth-order valence-corrected chi connectivity index (χ4v) is 1.49. The van der Waals surface area contributed by atoms with Crippen LogP contribution in [0.1, 0.15) is 0 Å². The number of ether oxygens (including phenoxy) is 1. The molecule has 1 amide bonds. The fourth-order valence-electron chi connectivity index (χ4n) is 1.49. The Hall–Kier alpha value is -2.13. The zero-order valence-corrected chi connectivity index (χ0v) is 10.5. The topological polar surface area (TPSA) is 64.3 Å². The smallest absolute Gasteiger partial charge is 0.409 e. The zero-order chi connectivity index (χ0) is 16.4. The van der Waals surface area contributed by atoms with Gasteiger partial charge in [-0.05, 0) is 12.1 Å². The summed E-state index contributed by atoms with van der Waals surface area (Å²) in [6.07, 6.45) is -11.5. The number of hydrogen-bond donors (Lipinski definition) is 2. The van der Waals surface area contributed by atoms with Crippen molar-refractivity contribution in [1.29, 1.82) is 0 Å². The molecular weight excluding hydrogens is 306 g/mol. The molecule has 0 heterocycles. The maximum absolute atomic E-state index is 12.4. The number of nitrogens with one attached hydrogen (secondary N) is 1. The number of nitrogens with two attached hydrogens (primary N) is 1. The van der Waals surface area contributed by atoms with Crippen LogP contribution >= 0.6 is 0 Å². The van der Waals surface area contributed by atoms with Crippen molar-refractivity contribution in [3.63, 3.8) is 0 Å². The minimum atomic E-state index is -5.75. The van der Waals surface area contributed by atoms with Gasteiger partial charge < -0.3 is 15.8 Å². The lowest BCUT2D eigenvalue weighted by atomic mass is 10.1. The van der Waals surface area contributed by atoms with Crippen molar-refractivity contribution < 1.29 is 35.9 Å². The normalized spacial score (nSPS) is 12.4. The van der Waals surface area contributed by atoms with Gasteiger partial charge in [0.15, 0.2) is 0 Å². The van der Waals surface area contributed by atoms with E-state index in [0.29, 0.717) is 0 Å². The molecule has 0 aliphatic heterocycles.